The number of fused-ring (bicyclic) bond motifs is 8. The van der Waals surface area contributed by atoms with E-state index in [2.05, 4.69) is 449 Å². The standard InChI is InChI=1S/C110H80N2/c1-109(2)98-51-20-15-47-96(98)107-100(109)53-28-59-106(107)112(102-55-22-17-42-91(102)82-66-64-81(65-67-82)88-50-27-36-79-34-8-10-39-86(79)88)104-57-24-19-46-95(104)93-44-14-12-41-90(93)83-37-25-30-74(72-83)73-110(3)99-52-21-16-48-97(99)108-101(110)54-29-58-105(108)111(103-56-23-18-45-94(103)92-43-13-11-40-89(92)77-31-5-4-6-32-77)84-70-68-76(69-71-84)75-60-62-80(63-61-75)87-49-26-35-78-33-7-9-38-85(78)87/h4-72H,73H2,1-3H3. The largest absolute Gasteiger partial charge is 0.309 e. The fourth-order valence-corrected chi connectivity index (χ4v) is 18.7. The van der Waals surface area contributed by atoms with E-state index >= 15 is 0 Å². The predicted octanol–water partition coefficient (Wildman–Crippen LogP) is 30.1. The van der Waals surface area contributed by atoms with Gasteiger partial charge in [0.2, 0.25) is 0 Å². The lowest BCUT2D eigenvalue weighted by Gasteiger charge is -2.32. The SMILES string of the molecule is CC1(C)c2ccccc2-c2c(N(c3ccccc3-c3ccc(-c4cccc5ccccc45)cc3)c3ccccc3-c3ccccc3-c3cccc(CC4(C)c5ccccc5-c5c(N(c6ccc(-c7ccc(-c8cccc9ccccc89)cc7)cc6)c6ccccc6-c6ccccc6-c6ccccc6)cccc54)c3)cccc21. The molecular weight excluding hydrogens is 1350 g/mol. The molecular formula is C110H80N2. The van der Waals surface area contributed by atoms with Gasteiger partial charge < -0.3 is 9.80 Å². The Morgan fingerprint density at radius 1 is 0.205 bits per heavy atom. The lowest BCUT2D eigenvalue weighted by Crippen LogP contribution is -2.24. The van der Waals surface area contributed by atoms with Gasteiger partial charge in [-0.3, -0.25) is 0 Å². The second kappa shape index (κ2) is 27.9. The number of nitrogens with zero attached hydrogens (tertiary/aromatic N) is 2. The maximum atomic E-state index is 2.57. The minimum Gasteiger partial charge on any atom is -0.309 e. The highest BCUT2D eigenvalue weighted by molar-refractivity contribution is 6.05. The van der Waals surface area contributed by atoms with E-state index in [1.165, 1.54) is 127 Å². The maximum absolute atomic E-state index is 2.57. The van der Waals surface area contributed by atoms with Crippen LogP contribution in [0.1, 0.15) is 48.6 Å². The van der Waals surface area contributed by atoms with Crippen molar-refractivity contribution < 1.29 is 0 Å². The Morgan fingerprint density at radius 3 is 1.13 bits per heavy atom. The van der Waals surface area contributed by atoms with Crippen LogP contribution in [0.4, 0.5) is 34.1 Å². The van der Waals surface area contributed by atoms with Crippen molar-refractivity contribution in [2.75, 3.05) is 9.80 Å². The molecule has 2 heteroatoms. The summed E-state index contributed by atoms with van der Waals surface area (Å²) in [5.74, 6) is 0. The molecule has 0 bridgehead atoms. The first kappa shape index (κ1) is 67.4. The fourth-order valence-electron chi connectivity index (χ4n) is 18.7. The van der Waals surface area contributed by atoms with Crippen LogP contribution in [0.5, 0.6) is 0 Å². The van der Waals surface area contributed by atoms with Gasteiger partial charge in [0.25, 0.3) is 0 Å². The summed E-state index contributed by atoms with van der Waals surface area (Å²) in [5, 5.41) is 4.99. The Kier molecular flexibility index (Phi) is 16.8. The highest BCUT2D eigenvalue weighted by Gasteiger charge is 2.43. The summed E-state index contributed by atoms with van der Waals surface area (Å²) in [7, 11) is 0. The third kappa shape index (κ3) is 11.6. The average molecular weight is 1430 g/mol. The summed E-state index contributed by atoms with van der Waals surface area (Å²) in [4.78, 5) is 5.11. The Morgan fingerprint density at radius 2 is 0.545 bits per heavy atom. The molecule has 0 radical (unpaired) electrons. The van der Waals surface area contributed by atoms with Crippen LogP contribution in [0, 0.1) is 0 Å². The molecule has 1 unspecified atom stereocenters. The van der Waals surface area contributed by atoms with Crippen molar-refractivity contribution in [1.82, 2.24) is 0 Å². The van der Waals surface area contributed by atoms with E-state index in [1.54, 1.807) is 0 Å². The zero-order valence-electron chi connectivity index (χ0n) is 62.9. The van der Waals surface area contributed by atoms with Crippen LogP contribution in [-0.4, -0.2) is 0 Å². The second-order valence-electron chi connectivity index (χ2n) is 30.8. The number of anilines is 6. The van der Waals surface area contributed by atoms with Crippen molar-refractivity contribution in [2.45, 2.75) is 38.0 Å². The van der Waals surface area contributed by atoms with Gasteiger partial charge in [0, 0.05) is 44.3 Å². The molecule has 0 amide bonds. The normalized spacial score (nSPS) is 13.6. The maximum Gasteiger partial charge on any atom is 0.0543 e. The molecule has 0 spiro atoms. The zero-order chi connectivity index (χ0) is 74.9. The molecule has 0 saturated heterocycles. The molecule has 20 rings (SSSR count). The first-order valence-corrected chi connectivity index (χ1v) is 39.2. The molecule has 0 aliphatic heterocycles. The summed E-state index contributed by atoms with van der Waals surface area (Å²) < 4.78 is 0. The Bertz CT molecular complexity index is 6630. The van der Waals surface area contributed by atoms with Crippen LogP contribution in [0.3, 0.4) is 0 Å². The van der Waals surface area contributed by atoms with Gasteiger partial charge in [-0.2, -0.15) is 0 Å². The summed E-state index contributed by atoms with van der Waals surface area (Å²) in [6.07, 6.45) is 0.770. The first-order chi connectivity index (χ1) is 55.2. The van der Waals surface area contributed by atoms with Crippen molar-refractivity contribution in [3.8, 4) is 111 Å². The molecule has 2 aliphatic carbocycles. The number of hydrogen-bond donors (Lipinski definition) is 0. The molecule has 0 heterocycles. The Balaban J connectivity index is 0.694. The van der Waals surface area contributed by atoms with E-state index < -0.39 is 5.41 Å². The van der Waals surface area contributed by atoms with Gasteiger partial charge in [0.05, 0.1) is 28.4 Å². The summed E-state index contributed by atoms with van der Waals surface area (Å²) in [5.41, 5.74) is 36.4. The van der Waals surface area contributed by atoms with E-state index in [9.17, 15) is 0 Å². The van der Waals surface area contributed by atoms with Crippen molar-refractivity contribution in [3.05, 3.63) is 446 Å². The molecule has 530 valence electrons. The summed E-state index contributed by atoms with van der Waals surface area (Å²) in [6.45, 7) is 7.25. The highest BCUT2D eigenvalue weighted by atomic mass is 15.2. The van der Waals surface area contributed by atoms with E-state index in [0.717, 1.165) is 73.9 Å². The molecule has 2 aliphatic rings. The van der Waals surface area contributed by atoms with Crippen LogP contribution in [0.2, 0.25) is 0 Å². The molecule has 0 aromatic heterocycles. The molecule has 0 saturated carbocycles. The molecule has 18 aromatic rings. The quantitative estimate of drug-likeness (QED) is 0.0951. The van der Waals surface area contributed by atoms with E-state index in [1.807, 2.05) is 0 Å². The number of rotatable bonds is 16. The third-order valence-electron chi connectivity index (χ3n) is 24.0. The van der Waals surface area contributed by atoms with Gasteiger partial charge in [-0.1, -0.05) is 397 Å². The van der Waals surface area contributed by atoms with Crippen molar-refractivity contribution in [2.24, 2.45) is 0 Å². The van der Waals surface area contributed by atoms with Gasteiger partial charge in [0.15, 0.2) is 0 Å². The third-order valence-corrected chi connectivity index (χ3v) is 24.0. The van der Waals surface area contributed by atoms with Gasteiger partial charge in [0.1, 0.15) is 0 Å². The molecule has 2 nitrogen and oxygen atoms in total. The van der Waals surface area contributed by atoms with E-state index in [4.69, 9.17) is 0 Å². The highest BCUT2D eigenvalue weighted by Crippen LogP contribution is 2.59. The molecule has 18 aromatic carbocycles. The zero-order valence-corrected chi connectivity index (χ0v) is 62.9. The van der Waals surface area contributed by atoms with Gasteiger partial charge >= 0.3 is 0 Å². The smallest absolute Gasteiger partial charge is 0.0543 e. The van der Waals surface area contributed by atoms with Crippen LogP contribution in [-0.2, 0) is 17.3 Å². The van der Waals surface area contributed by atoms with Crippen molar-refractivity contribution in [3.63, 3.8) is 0 Å². The van der Waals surface area contributed by atoms with Crippen LogP contribution < -0.4 is 9.80 Å². The van der Waals surface area contributed by atoms with Crippen molar-refractivity contribution >= 4 is 55.7 Å². The average Bonchev–Trinajstić information content (AvgIpc) is 1.55. The molecule has 1 atom stereocenters. The Labute approximate surface area is 656 Å². The van der Waals surface area contributed by atoms with Crippen LogP contribution >= 0.6 is 0 Å². The first-order valence-electron chi connectivity index (χ1n) is 39.2. The molecule has 0 fully saturated rings. The topological polar surface area (TPSA) is 6.48 Å². The lowest BCUT2D eigenvalue weighted by molar-refractivity contribution is 0.583. The van der Waals surface area contributed by atoms with Gasteiger partial charge in [-0.15, -0.1) is 0 Å². The summed E-state index contributed by atoms with van der Waals surface area (Å²) in [6, 6.07) is 156. The van der Waals surface area contributed by atoms with E-state index in [0.29, 0.717) is 0 Å². The Hall–Kier alpha value is -13.9. The monoisotopic (exact) mass is 1430 g/mol. The molecule has 0 N–H and O–H groups in total. The summed E-state index contributed by atoms with van der Waals surface area (Å²) >= 11 is 0. The van der Waals surface area contributed by atoms with Crippen LogP contribution in [0.25, 0.3) is 133 Å². The second-order valence-corrected chi connectivity index (χ2v) is 30.8. The van der Waals surface area contributed by atoms with Gasteiger partial charge in [-0.25, -0.2) is 0 Å². The predicted molar refractivity (Wildman–Crippen MR) is 474 cm³/mol. The minimum atomic E-state index is -0.424. The fraction of sp³-hybridized carbons (Fsp3) is 0.0545. The van der Waals surface area contributed by atoms with Crippen LogP contribution in [0.15, 0.2) is 419 Å². The number of benzene rings is 18. The minimum absolute atomic E-state index is 0.213. The van der Waals surface area contributed by atoms with Crippen molar-refractivity contribution in [1.29, 1.82) is 0 Å². The lowest BCUT2D eigenvalue weighted by atomic mass is 9.75. The van der Waals surface area contributed by atoms with Gasteiger partial charge in [-0.05, 0) is 182 Å². The van der Waals surface area contributed by atoms with E-state index in [-0.39, 0.29) is 5.41 Å². The number of para-hydroxylation sites is 3. The number of hydrogen-bond acceptors (Lipinski definition) is 2. The molecule has 112 heavy (non-hydrogen) atoms.